The molecule has 0 fully saturated rings. The highest BCUT2D eigenvalue weighted by molar-refractivity contribution is 6.74. The van der Waals surface area contributed by atoms with Crippen LogP contribution in [0.5, 0.6) is 0 Å². The van der Waals surface area contributed by atoms with Crippen LogP contribution in [0.1, 0.15) is 58.8 Å². The van der Waals surface area contributed by atoms with Gasteiger partial charge in [0.1, 0.15) is 0 Å². The minimum atomic E-state index is -4.49. The molecule has 0 radical (unpaired) electrons. The summed E-state index contributed by atoms with van der Waals surface area (Å²) in [5.74, 6) is 0. The van der Waals surface area contributed by atoms with Gasteiger partial charge >= 0.3 is 12.3 Å². The van der Waals surface area contributed by atoms with Crippen LogP contribution in [0.2, 0.25) is 18.1 Å². The molecule has 1 unspecified atom stereocenters. The molecule has 5 nitrogen and oxygen atoms in total. The van der Waals surface area contributed by atoms with Crippen molar-refractivity contribution in [3.63, 3.8) is 0 Å². The number of aliphatic hydroxyl groups excluding tert-OH is 1. The van der Waals surface area contributed by atoms with Crippen molar-refractivity contribution >= 4 is 14.4 Å². The molecule has 172 valence electrons. The second kappa shape index (κ2) is 8.88. The Balaban J connectivity index is 3.55. The summed E-state index contributed by atoms with van der Waals surface area (Å²) < 4.78 is 45.5. The SMILES string of the molecule is CC(C)(C)C(O)[C@@H](NC(=O)O)[C@H](O[Si](C)(C)C(C)(C)C)c1ccc(C(F)(F)F)cc1. The van der Waals surface area contributed by atoms with E-state index in [1.54, 1.807) is 20.8 Å². The smallest absolute Gasteiger partial charge is 0.416 e. The molecule has 3 atom stereocenters. The molecule has 0 heterocycles. The molecular weight excluding hydrogens is 415 g/mol. The van der Waals surface area contributed by atoms with Crippen LogP contribution in [-0.4, -0.2) is 36.8 Å². The number of hydrogen-bond donors (Lipinski definition) is 3. The third-order valence-electron chi connectivity index (χ3n) is 5.64. The Kier molecular flexibility index (Phi) is 7.83. The van der Waals surface area contributed by atoms with E-state index in [2.05, 4.69) is 5.32 Å². The number of carbonyl (C=O) groups is 1. The zero-order valence-corrected chi connectivity index (χ0v) is 19.9. The summed E-state index contributed by atoms with van der Waals surface area (Å²) in [6.07, 6.45) is -7.94. The van der Waals surface area contributed by atoms with Crippen LogP contribution in [0.15, 0.2) is 24.3 Å². The normalized spacial score (nSPS) is 16.7. The van der Waals surface area contributed by atoms with Gasteiger partial charge in [0.25, 0.3) is 0 Å². The molecule has 3 N–H and O–H groups in total. The van der Waals surface area contributed by atoms with Crippen LogP contribution in [0.4, 0.5) is 18.0 Å². The second-order valence-corrected chi connectivity index (χ2v) is 15.0. The van der Waals surface area contributed by atoms with E-state index in [1.165, 1.54) is 12.1 Å². The number of rotatable bonds is 6. The molecule has 1 amide bonds. The predicted octanol–water partition coefficient (Wildman–Crippen LogP) is 5.81. The fourth-order valence-electron chi connectivity index (χ4n) is 2.71. The van der Waals surface area contributed by atoms with Gasteiger partial charge in [-0.15, -0.1) is 0 Å². The van der Waals surface area contributed by atoms with Crippen molar-refractivity contribution in [2.75, 3.05) is 0 Å². The summed E-state index contributed by atoms with van der Waals surface area (Å²) in [6, 6.07) is 3.38. The molecule has 0 aliphatic heterocycles. The lowest BCUT2D eigenvalue weighted by Gasteiger charge is -2.44. The van der Waals surface area contributed by atoms with Gasteiger partial charge in [-0.05, 0) is 41.2 Å². The van der Waals surface area contributed by atoms with Crippen molar-refractivity contribution in [2.24, 2.45) is 5.41 Å². The van der Waals surface area contributed by atoms with Crippen molar-refractivity contribution in [2.45, 2.75) is 84.1 Å². The average molecular weight is 450 g/mol. The molecule has 9 heteroatoms. The zero-order chi connectivity index (χ0) is 23.7. The highest BCUT2D eigenvalue weighted by Crippen LogP contribution is 2.42. The lowest BCUT2D eigenvalue weighted by molar-refractivity contribution is -0.137. The molecule has 1 aromatic rings. The van der Waals surface area contributed by atoms with Gasteiger partial charge < -0.3 is 20.0 Å². The summed E-state index contributed by atoms with van der Waals surface area (Å²) in [7, 11) is -2.49. The largest absolute Gasteiger partial charge is 0.465 e. The molecule has 0 saturated heterocycles. The second-order valence-electron chi connectivity index (χ2n) is 10.2. The molecule has 0 bridgehead atoms. The number of alkyl halides is 3. The number of carboxylic acid groups (broad SMARTS) is 1. The number of aliphatic hydroxyl groups is 1. The van der Waals surface area contributed by atoms with E-state index in [9.17, 15) is 28.2 Å². The average Bonchev–Trinajstić information content (AvgIpc) is 2.54. The minimum Gasteiger partial charge on any atom is -0.465 e. The number of halogens is 3. The van der Waals surface area contributed by atoms with E-state index in [-0.39, 0.29) is 5.04 Å². The summed E-state index contributed by atoms with van der Waals surface area (Å²) in [4.78, 5) is 11.5. The highest BCUT2D eigenvalue weighted by atomic mass is 28.4. The summed E-state index contributed by atoms with van der Waals surface area (Å²) in [5, 5.41) is 22.4. The summed E-state index contributed by atoms with van der Waals surface area (Å²) in [6.45, 7) is 15.2. The third kappa shape index (κ3) is 6.71. The Morgan fingerprint density at radius 2 is 1.50 bits per heavy atom. The first kappa shape index (κ1) is 26.5. The van der Waals surface area contributed by atoms with Gasteiger partial charge in [0, 0.05) is 0 Å². The van der Waals surface area contributed by atoms with Crippen LogP contribution in [0.3, 0.4) is 0 Å². The first-order chi connectivity index (χ1) is 13.3. The Labute approximate surface area is 177 Å². The maximum atomic E-state index is 13.0. The van der Waals surface area contributed by atoms with Gasteiger partial charge in [0.05, 0.1) is 23.8 Å². The van der Waals surface area contributed by atoms with Gasteiger partial charge in [-0.1, -0.05) is 53.7 Å². The first-order valence-electron chi connectivity index (χ1n) is 9.80. The molecule has 30 heavy (non-hydrogen) atoms. The van der Waals surface area contributed by atoms with Crippen LogP contribution in [0, 0.1) is 5.41 Å². The Bertz CT molecular complexity index is 722. The van der Waals surface area contributed by atoms with Crippen molar-refractivity contribution < 1.29 is 32.6 Å². The van der Waals surface area contributed by atoms with Crippen LogP contribution in [-0.2, 0) is 10.6 Å². The molecule has 0 aromatic heterocycles. The van der Waals surface area contributed by atoms with E-state index in [4.69, 9.17) is 4.43 Å². The monoisotopic (exact) mass is 449 g/mol. The van der Waals surface area contributed by atoms with Crippen molar-refractivity contribution in [1.82, 2.24) is 5.32 Å². The first-order valence-corrected chi connectivity index (χ1v) is 12.7. The van der Waals surface area contributed by atoms with E-state index >= 15 is 0 Å². The minimum absolute atomic E-state index is 0.238. The molecule has 0 aliphatic rings. The summed E-state index contributed by atoms with van der Waals surface area (Å²) in [5.41, 5.74) is -1.14. The van der Waals surface area contributed by atoms with E-state index in [0.29, 0.717) is 5.56 Å². The Hall–Kier alpha value is -1.58. The van der Waals surface area contributed by atoms with Gasteiger partial charge in [0.2, 0.25) is 0 Å². The maximum absolute atomic E-state index is 13.0. The molecule has 0 saturated carbocycles. The lowest BCUT2D eigenvalue weighted by atomic mass is 9.81. The Morgan fingerprint density at radius 3 is 1.83 bits per heavy atom. The van der Waals surface area contributed by atoms with Crippen LogP contribution >= 0.6 is 0 Å². The van der Waals surface area contributed by atoms with E-state index in [1.807, 2.05) is 33.9 Å². The van der Waals surface area contributed by atoms with E-state index in [0.717, 1.165) is 12.1 Å². The highest BCUT2D eigenvalue weighted by Gasteiger charge is 2.45. The Morgan fingerprint density at radius 1 is 1.03 bits per heavy atom. The lowest BCUT2D eigenvalue weighted by Crippen LogP contribution is -2.55. The number of hydrogen-bond acceptors (Lipinski definition) is 3. The van der Waals surface area contributed by atoms with Crippen molar-refractivity contribution in [3.8, 4) is 0 Å². The molecule has 0 aliphatic carbocycles. The van der Waals surface area contributed by atoms with Gasteiger partial charge in [0.15, 0.2) is 8.32 Å². The zero-order valence-electron chi connectivity index (χ0n) is 18.9. The molecule has 1 aromatic carbocycles. The number of benzene rings is 1. The summed E-state index contributed by atoms with van der Waals surface area (Å²) >= 11 is 0. The molecular formula is C21H34F3NO4Si. The standard InChI is InChI=1S/C21H34F3NO4Si/c1-19(2,3)17(26)15(25-18(27)28)16(29-30(7,8)20(4,5)6)13-9-11-14(12-10-13)21(22,23)24/h9-12,15-17,25-26H,1-8H3,(H,27,28)/t15-,16+,17?/m0/s1. The van der Waals surface area contributed by atoms with Crippen LogP contribution < -0.4 is 5.32 Å². The van der Waals surface area contributed by atoms with Gasteiger partial charge in [-0.3, -0.25) is 0 Å². The fourth-order valence-corrected chi connectivity index (χ4v) is 3.98. The number of nitrogens with one attached hydrogen (secondary N) is 1. The van der Waals surface area contributed by atoms with Crippen molar-refractivity contribution in [1.29, 1.82) is 0 Å². The molecule has 0 spiro atoms. The van der Waals surface area contributed by atoms with Crippen LogP contribution in [0.25, 0.3) is 0 Å². The van der Waals surface area contributed by atoms with Gasteiger partial charge in [-0.2, -0.15) is 13.2 Å². The fraction of sp³-hybridized carbons (Fsp3) is 0.667. The predicted molar refractivity (Wildman–Crippen MR) is 113 cm³/mol. The van der Waals surface area contributed by atoms with E-state index < -0.39 is 49.8 Å². The quantitative estimate of drug-likeness (QED) is 0.479. The van der Waals surface area contributed by atoms with Gasteiger partial charge in [-0.25, -0.2) is 4.79 Å². The third-order valence-corrected chi connectivity index (χ3v) is 10.1. The topological polar surface area (TPSA) is 78.8 Å². The number of amides is 1. The van der Waals surface area contributed by atoms with Crippen molar-refractivity contribution in [3.05, 3.63) is 35.4 Å². The maximum Gasteiger partial charge on any atom is 0.416 e. The molecule has 1 rings (SSSR count).